The largest absolute Gasteiger partial charge is 0.508 e. The molecule has 3 aromatic carbocycles. The molecule has 0 aliphatic carbocycles. The Bertz CT molecular complexity index is 839. The first kappa shape index (κ1) is 17.0. The van der Waals surface area contributed by atoms with Crippen molar-refractivity contribution in [1.29, 1.82) is 0 Å². The van der Waals surface area contributed by atoms with Gasteiger partial charge in [-0.05, 0) is 72.8 Å². The standard InChI is InChI=1S/C20H16N2O4/c23-17-9-1-13(2-10-17)19(25)21-15-5-7-16(8-6-15)22-20(26)14-3-11-18(24)12-4-14/h1-12,23-24H,(H,21,25)(H,22,26). The van der Waals surface area contributed by atoms with Gasteiger partial charge in [-0.1, -0.05) is 0 Å². The summed E-state index contributed by atoms with van der Waals surface area (Å²) < 4.78 is 0. The second-order valence-electron chi connectivity index (χ2n) is 5.58. The normalized spacial score (nSPS) is 10.2. The molecule has 0 aliphatic rings. The maximum atomic E-state index is 12.1. The first-order valence-corrected chi connectivity index (χ1v) is 7.82. The van der Waals surface area contributed by atoms with E-state index in [2.05, 4.69) is 10.6 Å². The zero-order valence-corrected chi connectivity index (χ0v) is 13.6. The fourth-order valence-electron chi connectivity index (χ4n) is 2.27. The predicted molar refractivity (Wildman–Crippen MR) is 98.6 cm³/mol. The van der Waals surface area contributed by atoms with E-state index in [1.54, 1.807) is 24.3 Å². The number of anilines is 2. The minimum atomic E-state index is -0.300. The van der Waals surface area contributed by atoms with Crippen molar-refractivity contribution in [2.75, 3.05) is 10.6 Å². The molecular formula is C20H16N2O4. The number of carbonyl (C=O) groups excluding carboxylic acids is 2. The molecule has 130 valence electrons. The summed E-state index contributed by atoms with van der Waals surface area (Å²) in [6.07, 6.45) is 0. The highest BCUT2D eigenvalue weighted by Crippen LogP contribution is 2.17. The number of rotatable bonds is 4. The fraction of sp³-hybridized carbons (Fsp3) is 0. The molecule has 3 aromatic rings. The van der Waals surface area contributed by atoms with Gasteiger partial charge in [0.15, 0.2) is 0 Å². The molecule has 0 radical (unpaired) electrons. The van der Waals surface area contributed by atoms with E-state index in [0.29, 0.717) is 22.5 Å². The molecule has 0 saturated carbocycles. The lowest BCUT2D eigenvalue weighted by atomic mass is 10.2. The number of benzene rings is 3. The van der Waals surface area contributed by atoms with Crippen molar-refractivity contribution in [3.05, 3.63) is 83.9 Å². The summed E-state index contributed by atoms with van der Waals surface area (Å²) in [5, 5.41) is 24.0. The van der Waals surface area contributed by atoms with Crippen molar-refractivity contribution in [1.82, 2.24) is 0 Å². The van der Waals surface area contributed by atoms with Crippen molar-refractivity contribution >= 4 is 23.2 Å². The van der Waals surface area contributed by atoms with E-state index < -0.39 is 0 Å². The quantitative estimate of drug-likeness (QED) is 0.579. The smallest absolute Gasteiger partial charge is 0.255 e. The van der Waals surface area contributed by atoms with Crippen LogP contribution in [0.1, 0.15) is 20.7 Å². The number of phenolic OH excluding ortho intramolecular Hbond substituents is 2. The maximum absolute atomic E-state index is 12.1. The number of phenols is 2. The summed E-state index contributed by atoms with van der Waals surface area (Å²) in [6, 6.07) is 18.5. The van der Waals surface area contributed by atoms with E-state index in [1.807, 2.05) is 0 Å². The van der Waals surface area contributed by atoms with Gasteiger partial charge >= 0.3 is 0 Å². The molecule has 3 rings (SSSR count). The van der Waals surface area contributed by atoms with Crippen LogP contribution in [0.25, 0.3) is 0 Å². The summed E-state index contributed by atoms with van der Waals surface area (Å²) in [5.74, 6) is -0.415. The van der Waals surface area contributed by atoms with Gasteiger partial charge in [-0.25, -0.2) is 0 Å². The topological polar surface area (TPSA) is 98.7 Å². The zero-order chi connectivity index (χ0) is 18.5. The molecule has 6 heteroatoms. The van der Waals surface area contributed by atoms with Gasteiger partial charge < -0.3 is 20.8 Å². The Morgan fingerprint density at radius 2 is 0.846 bits per heavy atom. The highest BCUT2D eigenvalue weighted by atomic mass is 16.3. The van der Waals surface area contributed by atoms with Crippen LogP contribution in [0.5, 0.6) is 11.5 Å². The van der Waals surface area contributed by atoms with Crippen LogP contribution in [0, 0.1) is 0 Å². The second-order valence-corrected chi connectivity index (χ2v) is 5.58. The molecule has 0 heterocycles. The number of amides is 2. The molecule has 0 aromatic heterocycles. The van der Waals surface area contributed by atoms with Crippen LogP contribution in [0.15, 0.2) is 72.8 Å². The molecule has 0 atom stereocenters. The number of hydrogen-bond acceptors (Lipinski definition) is 4. The van der Waals surface area contributed by atoms with Crippen molar-refractivity contribution in [3.8, 4) is 11.5 Å². The predicted octanol–water partition coefficient (Wildman–Crippen LogP) is 3.60. The van der Waals surface area contributed by atoms with E-state index in [4.69, 9.17) is 0 Å². The fourth-order valence-corrected chi connectivity index (χ4v) is 2.27. The Hall–Kier alpha value is -3.80. The van der Waals surface area contributed by atoms with Crippen LogP contribution in [0.3, 0.4) is 0 Å². The van der Waals surface area contributed by atoms with Crippen molar-refractivity contribution in [3.63, 3.8) is 0 Å². The molecule has 26 heavy (non-hydrogen) atoms. The van der Waals surface area contributed by atoms with E-state index in [-0.39, 0.29) is 23.3 Å². The van der Waals surface area contributed by atoms with Crippen molar-refractivity contribution in [2.45, 2.75) is 0 Å². The first-order valence-electron chi connectivity index (χ1n) is 7.82. The lowest BCUT2D eigenvalue weighted by molar-refractivity contribution is 0.101. The Morgan fingerprint density at radius 1 is 0.538 bits per heavy atom. The van der Waals surface area contributed by atoms with E-state index in [9.17, 15) is 19.8 Å². The molecule has 4 N–H and O–H groups in total. The monoisotopic (exact) mass is 348 g/mol. The van der Waals surface area contributed by atoms with Gasteiger partial charge in [0.1, 0.15) is 11.5 Å². The van der Waals surface area contributed by atoms with E-state index in [1.165, 1.54) is 48.5 Å². The minimum Gasteiger partial charge on any atom is -0.508 e. The molecule has 0 unspecified atom stereocenters. The van der Waals surface area contributed by atoms with Gasteiger partial charge in [0.2, 0.25) is 0 Å². The van der Waals surface area contributed by atoms with Gasteiger partial charge in [0.25, 0.3) is 11.8 Å². The molecular weight excluding hydrogens is 332 g/mol. The molecule has 0 fully saturated rings. The van der Waals surface area contributed by atoms with Crippen LogP contribution in [-0.4, -0.2) is 22.0 Å². The lowest BCUT2D eigenvalue weighted by Crippen LogP contribution is -2.13. The van der Waals surface area contributed by atoms with Crippen LogP contribution >= 0.6 is 0 Å². The molecule has 0 spiro atoms. The average Bonchev–Trinajstić information content (AvgIpc) is 2.64. The summed E-state index contributed by atoms with van der Waals surface area (Å²) in [6.45, 7) is 0. The molecule has 0 aliphatic heterocycles. The Labute approximate surface area is 149 Å². The summed E-state index contributed by atoms with van der Waals surface area (Å²) >= 11 is 0. The van der Waals surface area contributed by atoms with Crippen LogP contribution in [-0.2, 0) is 0 Å². The minimum absolute atomic E-state index is 0.0928. The first-order chi connectivity index (χ1) is 12.5. The number of hydrogen-bond donors (Lipinski definition) is 4. The summed E-state index contributed by atoms with van der Waals surface area (Å²) in [7, 11) is 0. The van der Waals surface area contributed by atoms with E-state index in [0.717, 1.165) is 0 Å². The van der Waals surface area contributed by atoms with E-state index >= 15 is 0 Å². The molecule has 2 amide bonds. The Morgan fingerprint density at radius 3 is 1.15 bits per heavy atom. The van der Waals surface area contributed by atoms with Gasteiger partial charge in [0.05, 0.1) is 0 Å². The van der Waals surface area contributed by atoms with Crippen molar-refractivity contribution < 1.29 is 19.8 Å². The number of nitrogens with one attached hydrogen (secondary N) is 2. The average molecular weight is 348 g/mol. The number of aromatic hydroxyl groups is 2. The third kappa shape index (κ3) is 4.18. The van der Waals surface area contributed by atoms with Crippen molar-refractivity contribution in [2.24, 2.45) is 0 Å². The second kappa shape index (κ2) is 7.40. The number of carbonyl (C=O) groups is 2. The molecule has 6 nitrogen and oxygen atoms in total. The van der Waals surface area contributed by atoms with Crippen LogP contribution < -0.4 is 10.6 Å². The Balaban J connectivity index is 1.62. The molecule has 0 saturated heterocycles. The summed E-state index contributed by atoms with van der Waals surface area (Å²) in [4.78, 5) is 24.2. The SMILES string of the molecule is O=C(Nc1ccc(NC(=O)c2ccc(O)cc2)cc1)c1ccc(O)cc1. The lowest BCUT2D eigenvalue weighted by Gasteiger charge is -2.08. The molecule has 0 bridgehead atoms. The van der Waals surface area contributed by atoms with Crippen LogP contribution in [0.2, 0.25) is 0 Å². The van der Waals surface area contributed by atoms with Gasteiger partial charge in [-0.15, -0.1) is 0 Å². The zero-order valence-electron chi connectivity index (χ0n) is 13.6. The Kier molecular flexibility index (Phi) is 4.85. The highest BCUT2D eigenvalue weighted by Gasteiger charge is 2.08. The van der Waals surface area contributed by atoms with Gasteiger partial charge in [-0.2, -0.15) is 0 Å². The highest BCUT2D eigenvalue weighted by molar-refractivity contribution is 6.05. The third-order valence-electron chi connectivity index (χ3n) is 3.66. The van der Waals surface area contributed by atoms with Crippen LogP contribution in [0.4, 0.5) is 11.4 Å². The summed E-state index contributed by atoms with van der Waals surface area (Å²) in [5.41, 5.74) is 2.00. The third-order valence-corrected chi connectivity index (χ3v) is 3.66. The van der Waals surface area contributed by atoms with Gasteiger partial charge in [-0.3, -0.25) is 9.59 Å². The maximum Gasteiger partial charge on any atom is 0.255 e. The van der Waals surface area contributed by atoms with Gasteiger partial charge in [0, 0.05) is 22.5 Å².